The molecule has 2 aliphatic carbocycles. The standard InChI is InChI=1S/C29H41.C17H14Cl4.C5H5.2ClH.Zr/c1-26(2,3)22-14-18-13-19-15-23(27(4,5)6)25(29(10,11)12)17-21(19)20(18)16-24(22)28(7,8)9;18-8-14-2-12(3-15(6-14)9-19)1-13-4-16(10-20)7-17(5-13)11-21;1-2-4-5-3-1;;;/h13-17H,1-12H3;2-7H,8-11H2;1-5H;2*1H;/q;;;;;+2/p-2. The van der Waals surface area contributed by atoms with E-state index in [0.29, 0.717) is 23.5 Å². The Labute approximate surface area is 377 Å². The fourth-order valence-electron chi connectivity index (χ4n) is 9.53. The van der Waals surface area contributed by atoms with Crippen LogP contribution < -0.4 is 0 Å². The van der Waals surface area contributed by atoms with E-state index in [9.17, 15) is 17.0 Å². The van der Waals surface area contributed by atoms with Crippen LogP contribution in [0, 0.1) is 0 Å². The van der Waals surface area contributed by atoms with Gasteiger partial charge in [-0.3, -0.25) is 0 Å². The van der Waals surface area contributed by atoms with Crippen molar-refractivity contribution < 1.29 is 15.9 Å². The summed E-state index contributed by atoms with van der Waals surface area (Å²) in [4.78, 5) is 0. The second-order valence-electron chi connectivity index (χ2n) is 20.8. The van der Waals surface area contributed by atoms with E-state index in [1.807, 2.05) is 0 Å². The van der Waals surface area contributed by atoms with E-state index in [2.05, 4.69) is 168 Å². The zero-order chi connectivity index (χ0) is 43.0. The quantitative estimate of drug-likeness (QED) is 0.154. The topological polar surface area (TPSA) is 0 Å². The summed E-state index contributed by atoms with van der Waals surface area (Å²) in [7, 11) is 18.4. The molecule has 4 aromatic rings. The number of fused-ring (bicyclic) bond motifs is 3. The normalized spacial score (nSPS) is 15.4. The second kappa shape index (κ2) is 16.2. The van der Waals surface area contributed by atoms with Gasteiger partial charge in [-0.25, -0.2) is 0 Å². The Hall–Kier alpha value is -1.15. The van der Waals surface area contributed by atoms with Crippen LogP contribution in [-0.2, 0) is 61.1 Å². The van der Waals surface area contributed by atoms with Crippen molar-refractivity contribution in [3.05, 3.63) is 152 Å². The van der Waals surface area contributed by atoms with Crippen LogP contribution in [0.2, 0.25) is 3.63 Å². The Morgan fingerprint density at radius 3 is 1.02 bits per heavy atom. The minimum absolute atomic E-state index is 0.109. The summed E-state index contributed by atoms with van der Waals surface area (Å²) in [5.74, 6) is 1.29. The first kappa shape index (κ1) is 46.4. The zero-order valence-electron chi connectivity index (χ0n) is 36.3. The van der Waals surface area contributed by atoms with Crippen LogP contribution in [0.25, 0.3) is 11.1 Å². The molecule has 0 aromatic heterocycles. The van der Waals surface area contributed by atoms with Gasteiger partial charge in [-0.05, 0) is 0 Å². The van der Waals surface area contributed by atoms with Gasteiger partial charge in [0.2, 0.25) is 0 Å². The van der Waals surface area contributed by atoms with E-state index in [-0.39, 0.29) is 28.9 Å². The number of hydrogen-bond acceptors (Lipinski definition) is 0. The Morgan fingerprint density at radius 1 is 0.448 bits per heavy atom. The van der Waals surface area contributed by atoms with Gasteiger partial charge >= 0.3 is 381 Å². The van der Waals surface area contributed by atoms with Crippen molar-refractivity contribution in [2.45, 2.75) is 136 Å². The molecule has 0 bridgehead atoms. The van der Waals surface area contributed by atoms with Gasteiger partial charge in [0.05, 0.1) is 0 Å². The third kappa shape index (κ3) is 8.37. The molecule has 0 radical (unpaired) electrons. The summed E-state index contributed by atoms with van der Waals surface area (Å²) in [6.07, 6.45) is 8.71. The van der Waals surface area contributed by atoms with Gasteiger partial charge in [0.15, 0.2) is 0 Å². The van der Waals surface area contributed by atoms with Crippen LogP contribution >= 0.6 is 63.4 Å². The van der Waals surface area contributed by atoms with Crippen molar-refractivity contribution in [3.8, 4) is 11.1 Å². The molecule has 0 saturated carbocycles. The number of allylic oxidation sites excluding steroid dienone is 4. The molecular formula is C51H60Cl6Zr. The molecule has 0 saturated heterocycles. The molecule has 0 N–H and O–H groups in total. The summed E-state index contributed by atoms with van der Waals surface area (Å²) >= 11 is 20.8. The average molecular weight is 977 g/mol. The summed E-state index contributed by atoms with van der Waals surface area (Å²) in [5, 5.41) is 0. The Bertz CT molecular complexity index is 2200. The molecule has 0 unspecified atom stereocenters. The maximum atomic E-state index is 9.18. The Balaban J connectivity index is 1.98. The molecule has 0 aliphatic heterocycles. The summed E-state index contributed by atoms with van der Waals surface area (Å²) in [6.45, 7) is 27.9. The molecule has 0 atom stereocenters. The van der Waals surface area contributed by atoms with Crippen LogP contribution in [0.4, 0.5) is 0 Å². The van der Waals surface area contributed by atoms with Crippen molar-refractivity contribution >= 4 is 66.6 Å². The van der Waals surface area contributed by atoms with E-state index >= 15 is 0 Å². The van der Waals surface area contributed by atoms with Crippen molar-refractivity contribution in [2.75, 3.05) is 0 Å². The van der Waals surface area contributed by atoms with Gasteiger partial charge in [-0.15, -0.1) is 0 Å². The molecule has 2 aliphatic rings. The molecule has 0 nitrogen and oxygen atoms in total. The predicted octanol–water partition coefficient (Wildman–Crippen LogP) is 17.1. The second-order valence-corrected chi connectivity index (χ2v) is 42.6. The average Bonchev–Trinajstić information content (AvgIpc) is 3.80. The van der Waals surface area contributed by atoms with Crippen LogP contribution in [0.5, 0.6) is 0 Å². The van der Waals surface area contributed by atoms with E-state index in [1.54, 1.807) is 0 Å². The molecule has 0 amide bonds. The first-order valence-electron chi connectivity index (χ1n) is 20.5. The van der Waals surface area contributed by atoms with Gasteiger partial charge in [-0.2, -0.15) is 0 Å². The SMILES string of the molecule is CC(C)(C)c1cc2c(cc1C(C)(C)C)[CH]([Zr]([Cl])([Cl])(=[C](c1cc(CCl)cc(CCl)c1)c1cc(CCl)cc(CCl)c1)[CH]1C=CC=C1)c1cc(C(C)(C)C)c(C(C)(C)C)cc1-2. The zero-order valence-corrected chi connectivity index (χ0v) is 43.3. The van der Waals surface area contributed by atoms with Gasteiger partial charge in [0.25, 0.3) is 0 Å². The predicted molar refractivity (Wildman–Crippen MR) is 257 cm³/mol. The summed E-state index contributed by atoms with van der Waals surface area (Å²) in [6, 6.07) is 22.8. The van der Waals surface area contributed by atoms with Gasteiger partial charge in [0, 0.05) is 0 Å². The van der Waals surface area contributed by atoms with Crippen molar-refractivity contribution in [2.24, 2.45) is 0 Å². The first-order valence-corrected chi connectivity index (χ1v) is 33.0. The molecule has 58 heavy (non-hydrogen) atoms. The third-order valence-corrected chi connectivity index (χ3v) is 33.1. The van der Waals surface area contributed by atoms with E-state index in [0.717, 1.165) is 36.6 Å². The minimum atomic E-state index is -5.88. The molecule has 7 heteroatoms. The Morgan fingerprint density at radius 2 is 0.741 bits per heavy atom. The fraction of sp³-hybridized carbons (Fsp3) is 0.431. The van der Waals surface area contributed by atoms with Crippen LogP contribution in [0.15, 0.2) is 85.0 Å². The molecule has 6 rings (SSSR count). The first-order chi connectivity index (χ1) is 26.8. The van der Waals surface area contributed by atoms with E-state index in [4.69, 9.17) is 46.4 Å². The number of alkyl halides is 4. The molecule has 310 valence electrons. The monoisotopic (exact) mass is 972 g/mol. The van der Waals surface area contributed by atoms with Crippen molar-refractivity contribution in [1.82, 2.24) is 0 Å². The van der Waals surface area contributed by atoms with Crippen molar-refractivity contribution in [3.63, 3.8) is 0 Å². The molecular weight excluding hydrogens is 917 g/mol. The number of hydrogen-bond donors (Lipinski definition) is 0. The number of rotatable bonds is 8. The van der Waals surface area contributed by atoms with Crippen LogP contribution in [-0.4, -0.2) is 3.21 Å². The van der Waals surface area contributed by atoms with Gasteiger partial charge in [-0.1, -0.05) is 0 Å². The van der Waals surface area contributed by atoms with Gasteiger partial charge < -0.3 is 0 Å². The number of benzene rings is 4. The fourth-order valence-corrected chi connectivity index (χ4v) is 29.4. The van der Waals surface area contributed by atoms with Crippen LogP contribution in [0.3, 0.4) is 0 Å². The van der Waals surface area contributed by atoms with Crippen LogP contribution in [0.1, 0.15) is 153 Å². The van der Waals surface area contributed by atoms with E-state index in [1.165, 1.54) is 44.5 Å². The van der Waals surface area contributed by atoms with E-state index < -0.39 is 15.9 Å². The summed E-state index contributed by atoms with van der Waals surface area (Å²) in [5.41, 5.74) is 15.4. The molecule has 4 aromatic carbocycles. The van der Waals surface area contributed by atoms with Gasteiger partial charge in [0.1, 0.15) is 0 Å². The molecule has 0 spiro atoms. The Kier molecular flexibility index (Phi) is 12.9. The third-order valence-electron chi connectivity index (χ3n) is 12.2. The van der Waals surface area contributed by atoms with Crippen molar-refractivity contribution in [1.29, 1.82) is 0 Å². The molecule has 0 heterocycles. The number of halogens is 6. The summed E-state index contributed by atoms with van der Waals surface area (Å²) < 4.78 is 0.397. The molecule has 0 fully saturated rings. The maximum absolute atomic E-state index is 9.18.